The van der Waals surface area contributed by atoms with Crippen LogP contribution >= 0.6 is 34.5 Å². The number of para-hydroxylation sites is 2. The normalized spacial score (nSPS) is 14.3. The molecule has 5 rings (SSSR count). The Morgan fingerprint density at radius 1 is 0.903 bits per heavy atom. The highest BCUT2D eigenvalue weighted by atomic mass is 35.5. The van der Waals surface area contributed by atoms with Gasteiger partial charge in [0.1, 0.15) is 16.4 Å². The molecule has 5 nitrogen and oxygen atoms in total. The van der Waals surface area contributed by atoms with Crippen molar-refractivity contribution in [3.05, 3.63) is 64.2 Å². The van der Waals surface area contributed by atoms with Crippen LogP contribution in [0, 0.1) is 0 Å². The van der Waals surface area contributed by atoms with Gasteiger partial charge in [-0.05, 0) is 41.4 Å². The molecule has 0 bridgehead atoms. The summed E-state index contributed by atoms with van der Waals surface area (Å²) < 4.78 is 5.54. The number of methoxy groups -OCH3 is 1. The van der Waals surface area contributed by atoms with Gasteiger partial charge in [-0.3, -0.25) is 0 Å². The molecule has 1 aliphatic rings. The lowest BCUT2D eigenvalue weighted by Crippen LogP contribution is -2.47. The molecule has 0 aliphatic carbocycles. The van der Waals surface area contributed by atoms with Gasteiger partial charge in [-0.25, -0.2) is 4.98 Å². The summed E-state index contributed by atoms with van der Waals surface area (Å²) in [5.41, 5.74) is 3.32. The zero-order valence-corrected chi connectivity index (χ0v) is 19.2. The molecule has 8 heteroatoms. The van der Waals surface area contributed by atoms with Crippen LogP contribution in [0.2, 0.25) is 10.3 Å². The highest BCUT2D eigenvalue weighted by Crippen LogP contribution is 2.40. The van der Waals surface area contributed by atoms with Gasteiger partial charge < -0.3 is 14.5 Å². The van der Waals surface area contributed by atoms with E-state index in [-0.39, 0.29) is 5.28 Å². The van der Waals surface area contributed by atoms with Crippen LogP contribution in [0.4, 0.5) is 11.5 Å². The van der Waals surface area contributed by atoms with Crippen molar-refractivity contribution in [1.29, 1.82) is 0 Å². The van der Waals surface area contributed by atoms with Crippen molar-refractivity contribution in [2.24, 2.45) is 0 Å². The average molecular weight is 471 g/mol. The van der Waals surface area contributed by atoms with Gasteiger partial charge in [0.25, 0.3) is 0 Å². The van der Waals surface area contributed by atoms with Crippen LogP contribution in [-0.4, -0.2) is 43.3 Å². The Morgan fingerprint density at radius 2 is 1.61 bits per heavy atom. The highest BCUT2D eigenvalue weighted by molar-refractivity contribution is 7.17. The SMILES string of the molecule is COc1ccccc1N1CCN(c2nc(Cl)nc3scc(-c4ccc(Cl)cc4)c23)CC1. The lowest BCUT2D eigenvalue weighted by molar-refractivity contribution is 0.413. The summed E-state index contributed by atoms with van der Waals surface area (Å²) in [4.78, 5) is 14.7. The Balaban J connectivity index is 1.48. The summed E-state index contributed by atoms with van der Waals surface area (Å²) in [6.45, 7) is 3.39. The zero-order chi connectivity index (χ0) is 21.4. The number of hydrogen-bond acceptors (Lipinski definition) is 6. The smallest absolute Gasteiger partial charge is 0.225 e. The maximum absolute atomic E-state index is 6.30. The Morgan fingerprint density at radius 3 is 2.35 bits per heavy atom. The first-order chi connectivity index (χ1) is 15.1. The number of fused-ring (bicyclic) bond motifs is 1. The third-order valence-corrected chi connectivity index (χ3v) is 6.84. The summed E-state index contributed by atoms with van der Waals surface area (Å²) in [5.74, 6) is 1.78. The van der Waals surface area contributed by atoms with E-state index in [2.05, 4.69) is 31.2 Å². The molecule has 3 heterocycles. The van der Waals surface area contributed by atoms with E-state index in [0.29, 0.717) is 0 Å². The first kappa shape index (κ1) is 20.4. The Labute approximate surface area is 194 Å². The van der Waals surface area contributed by atoms with E-state index in [1.54, 1.807) is 18.4 Å². The maximum atomic E-state index is 6.30. The molecular weight excluding hydrogens is 451 g/mol. The first-order valence-corrected chi connectivity index (χ1v) is 11.6. The number of piperazine rings is 1. The van der Waals surface area contributed by atoms with Crippen LogP contribution in [0.15, 0.2) is 53.9 Å². The largest absolute Gasteiger partial charge is 0.495 e. The minimum atomic E-state index is 0.277. The van der Waals surface area contributed by atoms with Crippen molar-refractivity contribution in [3.63, 3.8) is 0 Å². The number of rotatable bonds is 4. The van der Waals surface area contributed by atoms with E-state index >= 15 is 0 Å². The standard InChI is InChI=1S/C23H20Cl2N4OS/c1-30-19-5-3-2-4-18(19)28-10-12-29(13-11-28)21-20-17(15-6-8-16(24)9-7-15)14-31-22(20)27-23(25)26-21/h2-9,14H,10-13H2,1H3. The van der Waals surface area contributed by atoms with E-state index in [1.807, 2.05) is 42.5 Å². The molecule has 0 saturated carbocycles. The molecule has 1 saturated heterocycles. The third kappa shape index (κ3) is 3.91. The van der Waals surface area contributed by atoms with Gasteiger partial charge in [-0.2, -0.15) is 4.98 Å². The van der Waals surface area contributed by atoms with Crippen LogP contribution in [-0.2, 0) is 0 Å². The molecule has 158 valence electrons. The molecular formula is C23H20Cl2N4OS. The number of aromatic nitrogens is 2. The Bertz CT molecular complexity index is 1220. The molecule has 0 amide bonds. The van der Waals surface area contributed by atoms with Crippen LogP contribution in [0.25, 0.3) is 21.3 Å². The summed E-state index contributed by atoms with van der Waals surface area (Å²) in [5, 5.41) is 4.16. The van der Waals surface area contributed by atoms with E-state index in [0.717, 1.165) is 69.8 Å². The molecule has 0 atom stereocenters. The van der Waals surface area contributed by atoms with Crippen LogP contribution in [0.1, 0.15) is 0 Å². The van der Waals surface area contributed by atoms with Gasteiger partial charge in [-0.15, -0.1) is 11.3 Å². The summed E-state index contributed by atoms with van der Waals surface area (Å²) in [6, 6.07) is 16.0. The maximum Gasteiger partial charge on any atom is 0.225 e. The van der Waals surface area contributed by atoms with Gasteiger partial charge in [-0.1, -0.05) is 35.9 Å². The second-order valence-corrected chi connectivity index (χ2v) is 8.93. The minimum Gasteiger partial charge on any atom is -0.495 e. The topological polar surface area (TPSA) is 41.5 Å². The van der Waals surface area contributed by atoms with E-state index < -0.39 is 0 Å². The van der Waals surface area contributed by atoms with Gasteiger partial charge in [0.2, 0.25) is 5.28 Å². The van der Waals surface area contributed by atoms with Crippen LogP contribution < -0.4 is 14.5 Å². The number of thiophene rings is 1. The van der Waals surface area contributed by atoms with Crippen molar-refractivity contribution >= 4 is 56.3 Å². The summed E-state index contributed by atoms with van der Waals surface area (Å²) >= 11 is 14.0. The first-order valence-electron chi connectivity index (χ1n) is 9.97. The van der Waals surface area contributed by atoms with Gasteiger partial charge in [0.15, 0.2) is 0 Å². The Hall–Kier alpha value is -2.54. The third-order valence-electron chi connectivity index (χ3n) is 5.55. The molecule has 4 aromatic rings. The van der Waals surface area contributed by atoms with Gasteiger partial charge in [0.05, 0.1) is 18.2 Å². The molecule has 0 N–H and O–H groups in total. The lowest BCUT2D eigenvalue weighted by atomic mass is 10.1. The fraction of sp³-hybridized carbons (Fsp3) is 0.217. The number of anilines is 2. The van der Waals surface area contributed by atoms with Crippen LogP contribution in [0.3, 0.4) is 0 Å². The fourth-order valence-corrected chi connectivity index (χ4v) is 5.30. The molecule has 31 heavy (non-hydrogen) atoms. The van der Waals surface area contributed by atoms with Crippen molar-refractivity contribution in [2.75, 3.05) is 43.1 Å². The highest BCUT2D eigenvalue weighted by Gasteiger charge is 2.24. The van der Waals surface area contributed by atoms with Crippen molar-refractivity contribution in [3.8, 4) is 16.9 Å². The van der Waals surface area contributed by atoms with Crippen molar-refractivity contribution in [1.82, 2.24) is 9.97 Å². The molecule has 1 fully saturated rings. The predicted octanol–water partition coefficient (Wildman–Crippen LogP) is 6.00. The zero-order valence-electron chi connectivity index (χ0n) is 16.9. The van der Waals surface area contributed by atoms with E-state index in [9.17, 15) is 0 Å². The molecule has 0 unspecified atom stereocenters. The summed E-state index contributed by atoms with van der Waals surface area (Å²) in [6.07, 6.45) is 0. The number of hydrogen-bond donors (Lipinski definition) is 0. The quantitative estimate of drug-likeness (QED) is 0.342. The van der Waals surface area contributed by atoms with Crippen LogP contribution in [0.5, 0.6) is 5.75 Å². The number of nitrogens with zero attached hydrogens (tertiary/aromatic N) is 4. The van der Waals surface area contributed by atoms with E-state index in [1.165, 1.54) is 0 Å². The Kier molecular flexibility index (Phi) is 5.61. The average Bonchev–Trinajstić information content (AvgIpc) is 3.23. The van der Waals surface area contributed by atoms with Crippen molar-refractivity contribution in [2.45, 2.75) is 0 Å². The van der Waals surface area contributed by atoms with Gasteiger partial charge >= 0.3 is 0 Å². The predicted molar refractivity (Wildman–Crippen MR) is 130 cm³/mol. The minimum absolute atomic E-state index is 0.277. The molecule has 2 aromatic carbocycles. The lowest BCUT2D eigenvalue weighted by Gasteiger charge is -2.37. The molecule has 2 aromatic heterocycles. The fourth-order valence-electron chi connectivity index (χ4n) is 4.02. The van der Waals surface area contributed by atoms with Crippen molar-refractivity contribution < 1.29 is 4.74 Å². The molecule has 0 radical (unpaired) electrons. The number of halogens is 2. The molecule has 1 aliphatic heterocycles. The molecule has 0 spiro atoms. The van der Waals surface area contributed by atoms with E-state index in [4.69, 9.17) is 27.9 Å². The van der Waals surface area contributed by atoms with Gasteiger partial charge in [0, 0.05) is 42.1 Å². The summed E-state index contributed by atoms with van der Waals surface area (Å²) in [7, 11) is 1.71. The monoisotopic (exact) mass is 470 g/mol. The second kappa shape index (κ2) is 8.54. The number of ether oxygens (including phenoxy) is 1. The second-order valence-electron chi connectivity index (χ2n) is 7.30. The number of benzene rings is 2.